The second-order valence-corrected chi connectivity index (χ2v) is 5.20. The van der Waals surface area contributed by atoms with E-state index in [-0.39, 0.29) is 18.5 Å². The molecule has 0 saturated heterocycles. The number of hydrogen-bond donors (Lipinski definition) is 1. The predicted octanol–water partition coefficient (Wildman–Crippen LogP) is 1.76. The van der Waals surface area contributed by atoms with Crippen LogP contribution in [-0.4, -0.2) is 44.3 Å². The van der Waals surface area contributed by atoms with Crippen molar-refractivity contribution in [3.8, 4) is 0 Å². The van der Waals surface area contributed by atoms with Gasteiger partial charge < -0.3 is 10.0 Å². The first kappa shape index (κ1) is 14.6. The quantitative estimate of drug-likeness (QED) is 0.891. The average Bonchev–Trinajstić information content (AvgIpc) is 2.94. The molecule has 0 aliphatic heterocycles. The van der Waals surface area contributed by atoms with Crippen molar-refractivity contribution in [2.45, 2.75) is 51.6 Å². The van der Waals surface area contributed by atoms with Crippen molar-refractivity contribution in [2.75, 3.05) is 6.54 Å². The molecule has 1 fully saturated rings. The van der Waals surface area contributed by atoms with Gasteiger partial charge in [0.25, 0.3) is 5.91 Å². The number of aliphatic carboxylic acids is 1. The lowest BCUT2D eigenvalue weighted by Crippen LogP contribution is -2.44. The van der Waals surface area contributed by atoms with Crippen LogP contribution in [0.25, 0.3) is 0 Å². The number of carbonyl (C=O) groups excluding carboxylic acids is 1. The number of hydrogen-bond acceptors (Lipinski definition) is 3. The van der Waals surface area contributed by atoms with Gasteiger partial charge in [0.2, 0.25) is 0 Å². The first-order valence-electron chi connectivity index (χ1n) is 7.17. The van der Waals surface area contributed by atoms with Crippen LogP contribution in [0.2, 0.25) is 0 Å². The van der Waals surface area contributed by atoms with E-state index in [4.69, 9.17) is 5.11 Å². The van der Waals surface area contributed by atoms with Crippen LogP contribution >= 0.6 is 0 Å². The molecule has 1 aliphatic rings. The Kier molecular flexibility index (Phi) is 4.76. The molecule has 0 unspecified atom stereocenters. The second-order valence-electron chi connectivity index (χ2n) is 5.20. The number of aryl methyl sites for hydroxylation is 1. The van der Waals surface area contributed by atoms with E-state index in [1.807, 2.05) is 6.92 Å². The molecule has 6 nitrogen and oxygen atoms in total. The van der Waals surface area contributed by atoms with Gasteiger partial charge in [-0.05, 0) is 19.8 Å². The number of nitrogens with zero attached hydrogens (tertiary/aromatic N) is 3. The Labute approximate surface area is 118 Å². The first-order valence-corrected chi connectivity index (χ1v) is 7.17. The molecule has 1 saturated carbocycles. The summed E-state index contributed by atoms with van der Waals surface area (Å²) in [6, 6.07) is 0.0392. The van der Waals surface area contributed by atoms with Crippen molar-refractivity contribution in [1.29, 1.82) is 0 Å². The minimum absolute atomic E-state index is 0.0392. The van der Waals surface area contributed by atoms with Gasteiger partial charge in [-0.25, -0.2) is 0 Å². The van der Waals surface area contributed by atoms with Gasteiger partial charge in [0, 0.05) is 18.8 Å². The molecule has 0 bridgehead atoms. The maximum atomic E-state index is 12.5. The molecule has 1 N–H and O–H groups in total. The van der Waals surface area contributed by atoms with Crippen LogP contribution < -0.4 is 0 Å². The van der Waals surface area contributed by atoms with Crippen molar-refractivity contribution >= 4 is 11.9 Å². The zero-order valence-electron chi connectivity index (χ0n) is 11.8. The maximum Gasteiger partial charge on any atom is 0.323 e. The summed E-state index contributed by atoms with van der Waals surface area (Å²) in [6.07, 6.45) is 8.26. The molecule has 1 heterocycles. The van der Waals surface area contributed by atoms with E-state index in [2.05, 4.69) is 5.10 Å². The molecule has 0 spiro atoms. The third-order valence-corrected chi connectivity index (χ3v) is 3.79. The van der Waals surface area contributed by atoms with Crippen LogP contribution in [0.3, 0.4) is 0 Å². The van der Waals surface area contributed by atoms with E-state index in [1.165, 1.54) is 17.5 Å². The van der Waals surface area contributed by atoms with Gasteiger partial charge >= 0.3 is 5.97 Å². The summed E-state index contributed by atoms with van der Waals surface area (Å²) in [5.41, 5.74) is 0.471. The Morgan fingerprint density at radius 3 is 2.65 bits per heavy atom. The largest absolute Gasteiger partial charge is 0.480 e. The van der Waals surface area contributed by atoms with Crippen LogP contribution in [0.5, 0.6) is 0 Å². The van der Waals surface area contributed by atoms with Crippen molar-refractivity contribution in [3.63, 3.8) is 0 Å². The SMILES string of the molecule is CCn1cc(C(=O)N(CC(=O)O)C2CCCCC2)cn1. The van der Waals surface area contributed by atoms with Crippen molar-refractivity contribution < 1.29 is 14.7 Å². The van der Waals surface area contributed by atoms with E-state index >= 15 is 0 Å². The number of rotatable bonds is 5. The third kappa shape index (κ3) is 3.37. The summed E-state index contributed by atoms with van der Waals surface area (Å²) in [5.74, 6) is -1.19. The molecular weight excluding hydrogens is 258 g/mol. The number of aromatic nitrogens is 2. The molecule has 1 aromatic heterocycles. The van der Waals surface area contributed by atoms with Crippen molar-refractivity contribution in [2.24, 2.45) is 0 Å². The molecule has 20 heavy (non-hydrogen) atoms. The highest BCUT2D eigenvalue weighted by molar-refractivity contribution is 5.95. The minimum Gasteiger partial charge on any atom is -0.480 e. The molecule has 1 aliphatic carbocycles. The number of amides is 1. The Hall–Kier alpha value is -1.85. The zero-order valence-corrected chi connectivity index (χ0v) is 11.8. The first-order chi connectivity index (χ1) is 9.61. The van der Waals surface area contributed by atoms with Gasteiger partial charge in [-0.2, -0.15) is 5.10 Å². The lowest BCUT2D eigenvalue weighted by Gasteiger charge is -2.33. The van der Waals surface area contributed by atoms with Gasteiger partial charge in [-0.1, -0.05) is 19.3 Å². The minimum atomic E-state index is -0.966. The summed E-state index contributed by atoms with van der Waals surface area (Å²) < 4.78 is 1.67. The highest BCUT2D eigenvalue weighted by atomic mass is 16.4. The normalized spacial score (nSPS) is 16.1. The molecule has 2 rings (SSSR count). The van der Waals surface area contributed by atoms with Crippen LogP contribution in [0.1, 0.15) is 49.4 Å². The molecule has 0 radical (unpaired) electrons. The predicted molar refractivity (Wildman–Crippen MR) is 73.4 cm³/mol. The standard InChI is InChI=1S/C14H21N3O3/c1-2-16-9-11(8-15-16)14(20)17(10-13(18)19)12-6-4-3-5-7-12/h8-9,12H,2-7,10H2,1H3,(H,18,19). The highest BCUT2D eigenvalue weighted by Gasteiger charge is 2.28. The fourth-order valence-electron chi connectivity index (χ4n) is 2.72. The maximum absolute atomic E-state index is 12.5. The van der Waals surface area contributed by atoms with Gasteiger partial charge in [-0.15, -0.1) is 0 Å². The third-order valence-electron chi connectivity index (χ3n) is 3.79. The Morgan fingerprint density at radius 2 is 2.10 bits per heavy atom. The Morgan fingerprint density at radius 1 is 1.40 bits per heavy atom. The molecular formula is C14H21N3O3. The number of carboxylic acids is 1. The number of carboxylic acid groups (broad SMARTS) is 1. The van der Waals surface area contributed by atoms with Crippen molar-refractivity contribution in [1.82, 2.24) is 14.7 Å². The zero-order chi connectivity index (χ0) is 14.5. The molecule has 1 amide bonds. The van der Waals surface area contributed by atoms with Gasteiger partial charge in [-0.3, -0.25) is 14.3 Å². The molecule has 6 heteroatoms. The smallest absolute Gasteiger partial charge is 0.323 e. The summed E-state index contributed by atoms with van der Waals surface area (Å²) in [5, 5.41) is 13.1. The molecule has 0 aromatic carbocycles. The lowest BCUT2D eigenvalue weighted by atomic mass is 9.94. The van der Waals surface area contributed by atoms with Crippen LogP contribution in [0.4, 0.5) is 0 Å². The van der Waals surface area contributed by atoms with Crippen LogP contribution in [-0.2, 0) is 11.3 Å². The number of carbonyl (C=O) groups is 2. The van der Waals surface area contributed by atoms with Crippen LogP contribution in [0.15, 0.2) is 12.4 Å². The Balaban J connectivity index is 2.16. The highest BCUT2D eigenvalue weighted by Crippen LogP contribution is 2.23. The fraction of sp³-hybridized carbons (Fsp3) is 0.643. The van der Waals surface area contributed by atoms with Crippen molar-refractivity contribution in [3.05, 3.63) is 18.0 Å². The van der Waals surface area contributed by atoms with Gasteiger partial charge in [0.15, 0.2) is 0 Å². The van der Waals surface area contributed by atoms with E-state index in [9.17, 15) is 9.59 Å². The topological polar surface area (TPSA) is 75.4 Å². The van der Waals surface area contributed by atoms with Crippen LogP contribution in [0, 0.1) is 0 Å². The fourth-order valence-corrected chi connectivity index (χ4v) is 2.72. The summed E-state index contributed by atoms with van der Waals surface area (Å²) >= 11 is 0. The molecule has 110 valence electrons. The Bertz CT molecular complexity index is 478. The second kappa shape index (κ2) is 6.54. The summed E-state index contributed by atoms with van der Waals surface area (Å²) in [4.78, 5) is 25.1. The average molecular weight is 279 g/mol. The lowest BCUT2D eigenvalue weighted by molar-refractivity contribution is -0.138. The monoisotopic (exact) mass is 279 g/mol. The van der Waals surface area contributed by atoms with E-state index in [0.29, 0.717) is 12.1 Å². The van der Waals surface area contributed by atoms with Gasteiger partial charge in [0.1, 0.15) is 6.54 Å². The summed E-state index contributed by atoms with van der Waals surface area (Å²) in [7, 11) is 0. The molecule has 1 aromatic rings. The summed E-state index contributed by atoms with van der Waals surface area (Å²) in [6.45, 7) is 2.40. The van der Waals surface area contributed by atoms with E-state index < -0.39 is 5.97 Å². The van der Waals surface area contributed by atoms with E-state index in [1.54, 1.807) is 10.9 Å². The van der Waals surface area contributed by atoms with E-state index in [0.717, 1.165) is 25.7 Å². The molecule has 0 atom stereocenters. The van der Waals surface area contributed by atoms with Gasteiger partial charge in [0.05, 0.1) is 11.8 Å².